The third-order valence-electron chi connectivity index (χ3n) is 3.45. The number of allylic oxidation sites excluding steroid dienone is 1. The van der Waals surface area contributed by atoms with Gasteiger partial charge >= 0.3 is 7.12 Å². The van der Waals surface area contributed by atoms with Crippen molar-refractivity contribution in [1.29, 1.82) is 0 Å². The summed E-state index contributed by atoms with van der Waals surface area (Å²) < 4.78 is 11.9. The topological polar surface area (TPSA) is 38.7 Å². The van der Waals surface area contributed by atoms with Crippen molar-refractivity contribution in [2.24, 2.45) is 0 Å². The van der Waals surface area contributed by atoms with Crippen molar-refractivity contribution < 1.29 is 14.4 Å². The molecule has 0 aromatic heterocycles. The molecule has 0 unspecified atom stereocenters. The minimum absolute atomic E-state index is 0.0411. The Balaban J connectivity index is 2.80. The van der Waals surface area contributed by atoms with Crippen LogP contribution in [0.1, 0.15) is 47.5 Å². The zero-order valence-corrected chi connectivity index (χ0v) is 11.0. The maximum atomic E-state index is 9.00. The molecule has 0 bridgehead atoms. The second kappa shape index (κ2) is 4.90. The molecule has 1 heterocycles. The average Bonchev–Trinajstić information content (AvgIpc) is 2.36. The summed E-state index contributed by atoms with van der Waals surface area (Å²) in [5, 5.41) is 9.00. The van der Waals surface area contributed by atoms with Crippen molar-refractivity contribution in [3.8, 4) is 0 Å². The first-order valence-corrected chi connectivity index (χ1v) is 5.99. The Morgan fingerprint density at radius 2 is 1.69 bits per heavy atom. The van der Waals surface area contributed by atoms with Crippen molar-refractivity contribution in [3.05, 3.63) is 11.5 Å². The Morgan fingerprint density at radius 1 is 1.19 bits per heavy atom. The number of hydrogen-bond donors (Lipinski definition) is 1. The van der Waals surface area contributed by atoms with Crippen molar-refractivity contribution in [3.63, 3.8) is 0 Å². The lowest BCUT2D eigenvalue weighted by Crippen LogP contribution is -2.41. The summed E-state index contributed by atoms with van der Waals surface area (Å²) in [6.45, 7) is 10.3. The third-order valence-corrected chi connectivity index (χ3v) is 3.45. The van der Waals surface area contributed by atoms with Crippen LogP contribution in [0.3, 0.4) is 0 Å². The van der Waals surface area contributed by atoms with Crippen molar-refractivity contribution >= 4 is 7.12 Å². The van der Waals surface area contributed by atoms with Gasteiger partial charge in [0.05, 0.1) is 17.8 Å². The van der Waals surface area contributed by atoms with E-state index in [1.54, 1.807) is 6.08 Å². The maximum absolute atomic E-state index is 9.00. The molecule has 0 aromatic rings. The predicted molar refractivity (Wildman–Crippen MR) is 66.2 cm³/mol. The van der Waals surface area contributed by atoms with Gasteiger partial charge in [0.25, 0.3) is 0 Å². The molecule has 0 aliphatic carbocycles. The zero-order chi connectivity index (χ0) is 12.4. The van der Waals surface area contributed by atoms with Crippen LogP contribution in [0.5, 0.6) is 0 Å². The van der Waals surface area contributed by atoms with Crippen LogP contribution in [0.25, 0.3) is 0 Å². The molecule has 92 valence electrons. The SMILES string of the molecule is CCC/C(=C\CO)B1OC(C)(C)C(C)(C)O1. The Labute approximate surface area is 99.0 Å². The minimum Gasteiger partial charge on any atom is -0.400 e. The van der Waals surface area contributed by atoms with Gasteiger partial charge in [-0.3, -0.25) is 0 Å². The van der Waals surface area contributed by atoms with Gasteiger partial charge < -0.3 is 14.4 Å². The van der Waals surface area contributed by atoms with Crippen LogP contribution in [-0.4, -0.2) is 30.0 Å². The van der Waals surface area contributed by atoms with E-state index in [0.29, 0.717) is 0 Å². The second-order valence-corrected chi connectivity index (χ2v) is 5.30. The van der Waals surface area contributed by atoms with Crippen LogP contribution in [0.2, 0.25) is 0 Å². The van der Waals surface area contributed by atoms with E-state index in [1.807, 2.05) is 27.7 Å². The monoisotopic (exact) mass is 226 g/mol. The molecule has 16 heavy (non-hydrogen) atoms. The van der Waals surface area contributed by atoms with E-state index in [1.165, 1.54) is 0 Å². The van der Waals surface area contributed by atoms with Crippen LogP contribution < -0.4 is 0 Å². The Kier molecular flexibility index (Phi) is 4.21. The molecule has 0 aromatic carbocycles. The van der Waals surface area contributed by atoms with E-state index >= 15 is 0 Å². The van der Waals surface area contributed by atoms with Gasteiger partial charge in [-0.1, -0.05) is 19.4 Å². The van der Waals surface area contributed by atoms with Gasteiger partial charge in [0.1, 0.15) is 0 Å². The number of hydrogen-bond acceptors (Lipinski definition) is 3. The van der Waals surface area contributed by atoms with Gasteiger partial charge in [0.15, 0.2) is 0 Å². The summed E-state index contributed by atoms with van der Waals surface area (Å²) in [6, 6.07) is 0. The number of aliphatic hydroxyl groups is 1. The Hall–Kier alpha value is -0.315. The van der Waals surface area contributed by atoms with E-state index in [4.69, 9.17) is 14.4 Å². The highest BCUT2D eigenvalue weighted by molar-refractivity contribution is 6.54. The van der Waals surface area contributed by atoms with Gasteiger partial charge in [-0.25, -0.2) is 0 Å². The Morgan fingerprint density at radius 3 is 2.06 bits per heavy atom. The molecule has 1 rings (SSSR count). The molecule has 1 aliphatic heterocycles. The quantitative estimate of drug-likeness (QED) is 0.747. The van der Waals surface area contributed by atoms with Gasteiger partial charge in [-0.2, -0.15) is 0 Å². The first-order valence-electron chi connectivity index (χ1n) is 5.99. The van der Waals surface area contributed by atoms with Gasteiger partial charge in [0.2, 0.25) is 0 Å². The molecule has 4 heteroatoms. The van der Waals surface area contributed by atoms with Crippen LogP contribution >= 0.6 is 0 Å². The van der Waals surface area contributed by atoms with E-state index in [0.717, 1.165) is 18.3 Å². The standard InChI is InChI=1S/C12H23BO3/c1-6-7-10(8-9-14)13-15-11(2,3)12(4,5)16-13/h8,14H,6-7,9H2,1-5H3/b10-8+. The molecule has 1 saturated heterocycles. The highest BCUT2D eigenvalue weighted by atomic mass is 16.7. The first-order chi connectivity index (χ1) is 7.34. The summed E-state index contributed by atoms with van der Waals surface area (Å²) in [5.74, 6) is 0. The van der Waals surface area contributed by atoms with Crippen LogP contribution in [0, 0.1) is 0 Å². The van der Waals surface area contributed by atoms with E-state index in [9.17, 15) is 0 Å². The third kappa shape index (κ3) is 2.68. The lowest BCUT2D eigenvalue weighted by Gasteiger charge is -2.32. The fourth-order valence-electron chi connectivity index (χ4n) is 1.72. The molecule has 3 nitrogen and oxygen atoms in total. The predicted octanol–water partition coefficient (Wildman–Crippen LogP) is 2.34. The van der Waals surface area contributed by atoms with Gasteiger partial charge in [0, 0.05) is 0 Å². The second-order valence-electron chi connectivity index (χ2n) is 5.30. The average molecular weight is 226 g/mol. The summed E-state index contributed by atoms with van der Waals surface area (Å²) >= 11 is 0. The van der Waals surface area contributed by atoms with Crippen LogP contribution in [0.15, 0.2) is 11.5 Å². The maximum Gasteiger partial charge on any atom is 0.490 e. The fourth-order valence-corrected chi connectivity index (χ4v) is 1.72. The minimum atomic E-state index is -0.308. The van der Waals surface area contributed by atoms with Crippen LogP contribution in [0.4, 0.5) is 0 Å². The van der Waals surface area contributed by atoms with Gasteiger partial charge in [-0.15, -0.1) is 0 Å². The molecule has 0 saturated carbocycles. The molecule has 0 radical (unpaired) electrons. The largest absolute Gasteiger partial charge is 0.490 e. The molecule has 0 amide bonds. The lowest BCUT2D eigenvalue weighted by molar-refractivity contribution is 0.00578. The summed E-state index contributed by atoms with van der Waals surface area (Å²) in [7, 11) is -0.308. The smallest absolute Gasteiger partial charge is 0.400 e. The van der Waals surface area contributed by atoms with Crippen molar-refractivity contribution in [2.45, 2.75) is 58.7 Å². The molecule has 1 aliphatic rings. The summed E-state index contributed by atoms with van der Waals surface area (Å²) in [5.41, 5.74) is 0.434. The normalized spacial score (nSPS) is 23.9. The molecular formula is C12H23BO3. The van der Waals surface area contributed by atoms with Crippen molar-refractivity contribution in [2.75, 3.05) is 6.61 Å². The molecule has 0 atom stereocenters. The lowest BCUT2D eigenvalue weighted by atomic mass is 9.75. The highest BCUT2D eigenvalue weighted by Crippen LogP contribution is 2.39. The highest BCUT2D eigenvalue weighted by Gasteiger charge is 2.51. The fraction of sp³-hybridized carbons (Fsp3) is 0.833. The number of aliphatic hydroxyl groups excluding tert-OH is 1. The van der Waals surface area contributed by atoms with Gasteiger partial charge in [-0.05, 0) is 39.6 Å². The zero-order valence-electron chi connectivity index (χ0n) is 11.0. The Bertz CT molecular complexity index is 255. The molecule has 1 fully saturated rings. The molecular weight excluding hydrogens is 203 g/mol. The van der Waals surface area contributed by atoms with Crippen LogP contribution in [-0.2, 0) is 9.31 Å². The summed E-state index contributed by atoms with van der Waals surface area (Å²) in [4.78, 5) is 0. The molecule has 1 N–H and O–H groups in total. The van der Waals surface area contributed by atoms with E-state index in [-0.39, 0.29) is 24.9 Å². The molecule has 0 spiro atoms. The van der Waals surface area contributed by atoms with Crippen molar-refractivity contribution in [1.82, 2.24) is 0 Å². The number of rotatable bonds is 4. The van der Waals surface area contributed by atoms with E-state index < -0.39 is 0 Å². The van der Waals surface area contributed by atoms with E-state index in [2.05, 4.69) is 6.92 Å². The first kappa shape index (κ1) is 13.7. The summed E-state index contributed by atoms with van der Waals surface area (Å²) in [6.07, 6.45) is 3.72.